The van der Waals surface area contributed by atoms with Gasteiger partial charge in [-0.2, -0.15) is 0 Å². The predicted molar refractivity (Wildman–Crippen MR) is 132 cm³/mol. The number of hydrogen-bond acceptors (Lipinski definition) is 9. The first kappa shape index (κ1) is 24.9. The van der Waals surface area contributed by atoms with Crippen LogP contribution in [0.5, 0.6) is 5.75 Å². The van der Waals surface area contributed by atoms with Gasteiger partial charge in [-0.3, -0.25) is 19.3 Å². The number of phenolic OH excluding ortho intramolecular Hbond substituents is 1. The van der Waals surface area contributed by atoms with Crippen molar-refractivity contribution in [3.63, 3.8) is 0 Å². The monoisotopic (exact) mass is 525 g/mol. The molecule has 11 heteroatoms. The maximum Gasteiger partial charge on any atom is 0.255 e. The van der Waals surface area contributed by atoms with Gasteiger partial charge in [0.15, 0.2) is 11.4 Å². The number of aromatic hydroxyl groups is 1. The number of aromatic nitrogens is 1. The van der Waals surface area contributed by atoms with Crippen LogP contribution >= 0.6 is 11.6 Å². The van der Waals surface area contributed by atoms with Gasteiger partial charge in [0.2, 0.25) is 5.78 Å². The lowest BCUT2D eigenvalue weighted by atomic mass is 9.58. The highest BCUT2D eigenvalue weighted by Crippen LogP contribution is 2.53. The van der Waals surface area contributed by atoms with Crippen LogP contribution in [-0.2, 0) is 16.0 Å². The highest BCUT2D eigenvalue weighted by atomic mass is 35.5. The quantitative estimate of drug-likeness (QED) is 0.296. The van der Waals surface area contributed by atoms with E-state index in [2.05, 4.69) is 4.98 Å². The number of Topliss-reactive ketones (excluding diaryl/α,β-unsaturated/α-hetero) is 2. The summed E-state index contributed by atoms with van der Waals surface area (Å²) in [6.07, 6.45) is 1.73. The molecule has 0 aliphatic heterocycles. The van der Waals surface area contributed by atoms with Gasteiger partial charge in [-0.1, -0.05) is 17.7 Å². The Hall–Kier alpha value is -3.73. The summed E-state index contributed by atoms with van der Waals surface area (Å²) >= 11 is 5.92. The number of fused-ring (bicyclic) bond motifs is 3. The largest absolute Gasteiger partial charge is 0.510 e. The number of rotatable bonds is 3. The number of aliphatic hydroxyl groups is 3. The zero-order valence-electron chi connectivity index (χ0n) is 19.9. The fourth-order valence-corrected chi connectivity index (χ4v) is 6.17. The van der Waals surface area contributed by atoms with Gasteiger partial charge in [0.05, 0.1) is 11.6 Å². The predicted octanol–water partition coefficient (Wildman–Crippen LogP) is 1.84. The summed E-state index contributed by atoms with van der Waals surface area (Å²) in [5, 5.41) is 44.7. The maximum absolute atomic E-state index is 13.7. The van der Waals surface area contributed by atoms with E-state index in [4.69, 9.17) is 17.3 Å². The molecule has 0 radical (unpaired) electrons. The average Bonchev–Trinajstić information content (AvgIpc) is 2.82. The van der Waals surface area contributed by atoms with E-state index in [0.717, 1.165) is 0 Å². The van der Waals surface area contributed by atoms with E-state index in [1.54, 1.807) is 32.3 Å². The molecule has 1 aromatic heterocycles. The molecule has 1 aromatic carbocycles. The van der Waals surface area contributed by atoms with Crippen LogP contribution in [0.3, 0.4) is 0 Å². The third-order valence-corrected chi connectivity index (χ3v) is 7.87. The van der Waals surface area contributed by atoms with Crippen LogP contribution in [0.4, 0.5) is 0 Å². The summed E-state index contributed by atoms with van der Waals surface area (Å²) < 4.78 is 0. The third kappa shape index (κ3) is 3.40. The molecule has 3 aliphatic carbocycles. The van der Waals surface area contributed by atoms with Gasteiger partial charge in [0.25, 0.3) is 5.91 Å². The van der Waals surface area contributed by atoms with Gasteiger partial charge in [-0.05, 0) is 62.2 Å². The van der Waals surface area contributed by atoms with Gasteiger partial charge in [0.1, 0.15) is 28.0 Å². The smallest absolute Gasteiger partial charge is 0.255 e. The Morgan fingerprint density at radius 3 is 2.46 bits per heavy atom. The van der Waals surface area contributed by atoms with Gasteiger partial charge in [0, 0.05) is 23.3 Å². The molecule has 192 valence electrons. The fourth-order valence-electron chi connectivity index (χ4n) is 6.06. The second-order valence-electron chi connectivity index (χ2n) is 9.82. The molecule has 0 fully saturated rings. The zero-order chi connectivity index (χ0) is 27.0. The van der Waals surface area contributed by atoms with Gasteiger partial charge >= 0.3 is 0 Å². The zero-order valence-corrected chi connectivity index (χ0v) is 20.7. The summed E-state index contributed by atoms with van der Waals surface area (Å²) in [5.74, 6) is -6.86. The number of pyridine rings is 1. The normalized spacial score (nSPS) is 27.2. The van der Waals surface area contributed by atoms with Crippen molar-refractivity contribution in [1.29, 1.82) is 0 Å². The van der Waals surface area contributed by atoms with E-state index >= 15 is 0 Å². The van der Waals surface area contributed by atoms with Crippen LogP contribution in [0.25, 0.3) is 11.1 Å². The minimum atomic E-state index is -2.67. The van der Waals surface area contributed by atoms with Crippen molar-refractivity contribution >= 4 is 29.1 Å². The number of nitrogens with zero attached hydrogens (tertiary/aromatic N) is 2. The fraction of sp³-hybridized carbons (Fsp3) is 0.308. The first-order valence-electron chi connectivity index (χ1n) is 11.5. The number of primary amides is 1. The highest BCUT2D eigenvalue weighted by molar-refractivity contribution is 6.29. The molecule has 2 aromatic rings. The first-order chi connectivity index (χ1) is 17.4. The Morgan fingerprint density at radius 1 is 1.16 bits per heavy atom. The minimum absolute atomic E-state index is 0.0136. The lowest BCUT2D eigenvalue weighted by Crippen LogP contribution is -2.63. The molecular weight excluding hydrogens is 502 g/mol. The molecule has 0 saturated carbocycles. The number of allylic oxidation sites excluding steroid dienone is 1. The Morgan fingerprint density at radius 2 is 1.86 bits per heavy atom. The number of carbonyl (C=O) groups is 3. The molecular formula is C26H24ClN3O7. The Bertz CT molecular complexity index is 1450. The van der Waals surface area contributed by atoms with E-state index < -0.39 is 58.0 Å². The minimum Gasteiger partial charge on any atom is -0.510 e. The lowest BCUT2D eigenvalue weighted by Gasteiger charge is -2.50. The van der Waals surface area contributed by atoms with Crippen molar-refractivity contribution in [2.45, 2.75) is 24.5 Å². The highest BCUT2D eigenvalue weighted by Gasteiger charge is 2.63. The van der Waals surface area contributed by atoms with Crippen LogP contribution in [0.15, 0.2) is 53.1 Å². The molecule has 0 bridgehead atoms. The topological polar surface area (TPSA) is 174 Å². The van der Waals surface area contributed by atoms with Gasteiger partial charge < -0.3 is 26.2 Å². The van der Waals surface area contributed by atoms with Crippen molar-refractivity contribution in [1.82, 2.24) is 9.88 Å². The van der Waals surface area contributed by atoms with Crippen molar-refractivity contribution in [2.24, 2.45) is 17.6 Å². The van der Waals surface area contributed by atoms with Gasteiger partial charge in [-0.25, -0.2) is 4.98 Å². The number of phenols is 1. The number of benzene rings is 1. The van der Waals surface area contributed by atoms with Crippen LogP contribution in [-0.4, -0.2) is 73.5 Å². The molecule has 37 heavy (non-hydrogen) atoms. The molecule has 10 nitrogen and oxygen atoms in total. The summed E-state index contributed by atoms with van der Waals surface area (Å²) in [7, 11) is 3.16. The maximum atomic E-state index is 13.7. The summed E-state index contributed by atoms with van der Waals surface area (Å²) in [6, 6.07) is 5.28. The van der Waals surface area contributed by atoms with Gasteiger partial charge in [-0.15, -0.1) is 0 Å². The second-order valence-corrected chi connectivity index (χ2v) is 10.2. The SMILES string of the molecule is CN(C)[C@@H]1C(O)=C(C(N)=O)C(=O)C2(O)C(O)=C3C(=O)c4c(O)ccc(-c5ccc(Cl)nc5)c4C[C@H]3C[C@@H]12. The molecule has 5 rings (SSSR count). The van der Waals surface area contributed by atoms with E-state index in [1.165, 1.54) is 17.2 Å². The number of nitrogens with two attached hydrogens (primary N) is 1. The molecule has 1 amide bonds. The van der Waals surface area contributed by atoms with Crippen molar-refractivity contribution in [3.05, 3.63) is 69.4 Å². The number of halogens is 1. The summed E-state index contributed by atoms with van der Waals surface area (Å²) in [6.45, 7) is 0. The number of aliphatic hydroxyl groups excluding tert-OH is 2. The standard InChI is InChI=1S/C26H24ClN3O7/c1-30(2)20-14-8-11-7-13-12(10-3-6-16(27)29-9-10)4-5-15(31)18(13)21(32)17(11)23(34)26(14,37)24(35)19(22(20)33)25(28)36/h3-6,9,11,14,20,31,33-34,37H,7-8H2,1-2H3,(H2,28,36)/t11-,14-,20-,26?/m0/s1. The molecule has 3 aliphatic rings. The van der Waals surface area contributed by atoms with Crippen molar-refractivity contribution in [3.8, 4) is 16.9 Å². The summed E-state index contributed by atoms with van der Waals surface area (Å²) in [5.41, 5.74) is 3.37. The van der Waals surface area contributed by atoms with Crippen LogP contribution < -0.4 is 5.73 Å². The third-order valence-electron chi connectivity index (χ3n) is 7.64. The first-order valence-corrected chi connectivity index (χ1v) is 11.9. The van der Waals surface area contributed by atoms with Crippen LogP contribution in [0.2, 0.25) is 5.15 Å². The van der Waals surface area contributed by atoms with E-state index in [-0.39, 0.29) is 34.9 Å². The Kier molecular flexibility index (Phi) is 5.67. The molecule has 6 N–H and O–H groups in total. The summed E-state index contributed by atoms with van der Waals surface area (Å²) in [4.78, 5) is 44.7. The number of carbonyl (C=O) groups excluding carboxylic acids is 3. The van der Waals surface area contributed by atoms with Crippen LogP contribution in [0, 0.1) is 11.8 Å². The van der Waals surface area contributed by atoms with Crippen molar-refractivity contribution < 1.29 is 34.8 Å². The molecule has 1 unspecified atom stereocenters. The van der Waals surface area contributed by atoms with Crippen LogP contribution in [0.1, 0.15) is 22.3 Å². The molecule has 4 atom stereocenters. The number of likely N-dealkylation sites (N-methyl/N-ethyl adjacent to an activating group) is 1. The van der Waals surface area contributed by atoms with E-state index in [0.29, 0.717) is 16.7 Å². The lowest BCUT2D eigenvalue weighted by molar-refractivity contribution is -0.148. The Labute approximate surface area is 216 Å². The van der Waals surface area contributed by atoms with Crippen molar-refractivity contribution in [2.75, 3.05) is 14.1 Å². The number of hydrogen-bond donors (Lipinski definition) is 5. The average molecular weight is 526 g/mol. The molecule has 0 spiro atoms. The molecule has 0 saturated heterocycles. The second kappa shape index (κ2) is 8.41. The molecule has 1 heterocycles. The number of ketones is 2. The van der Waals surface area contributed by atoms with E-state index in [1.807, 2.05) is 0 Å². The Balaban J connectivity index is 1.72. The number of amides is 1. The van der Waals surface area contributed by atoms with E-state index in [9.17, 15) is 34.8 Å².